The van der Waals surface area contributed by atoms with Crippen LogP contribution in [0.2, 0.25) is 0 Å². The Morgan fingerprint density at radius 1 is 0.400 bits per heavy atom. The van der Waals surface area contributed by atoms with E-state index in [-0.39, 0.29) is 0 Å². The third-order valence-electron chi connectivity index (χ3n) is 13.5. The van der Waals surface area contributed by atoms with Crippen LogP contribution in [0.1, 0.15) is 129 Å². The molecule has 0 spiro atoms. The predicted molar refractivity (Wildman–Crippen MR) is 278 cm³/mol. The molecule has 336 valence electrons. The van der Waals surface area contributed by atoms with Crippen molar-refractivity contribution in [2.45, 2.75) is 84.0 Å². The molecule has 6 aliphatic heterocycles. The Labute approximate surface area is 387 Å². The number of hydrogen-bond donors (Lipinski definition) is 2. The SMILES string of the molecule is CCCCCCCCCCCCCCN1C=CC(c2c3nc(c(C4=CCN(C)C=C4)c4ccc([nH]4)c(C4=CCN(C)C=C4)c4nc(c(C5=CCN(C)C=C5)c5ccc2[nH]5)C=C4)C=C3)=CC1. The monoisotopic (exact) mass is 865 g/mol. The molecule has 0 saturated carbocycles. The molecule has 3 aromatic rings. The van der Waals surface area contributed by atoms with E-state index in [4.69, 9.17) is 9.97 Å². The highest BCUT2D eigenvalue weighted by Crippen LogP contribution is 2.37. The van der Waals surface area contributed by atoms with Crippen LogP contribution in [0.3, 0.4) is 0 Å². The zero-order chi connectivity index (χ0) is 44.5. The lowest BCUT2D eigenvalue weighted by atomic mass is 10.0. The molecule has 3 aromatic heterocycles. The van der Waals surface area contributed by atoms with Crippen LogP contribution in [0.5, 0.6) is 0 Å². The predicted octanol–water partition coefficient (Wildman–Crippen LogP) is 13.1. The largest absolute Gasteiger partial charge is 0.377 e. The molecule has 9 heterocycles. The van der Waals surface area contributed by atoms with Crippen molar-refractivity contribution in [1.82, 2.24) is 39.5 Å². The lowest BCUT2D eigenvalue weighted by Gasteiger charge is -2.23. The molecule has 8 heteroatoms. The first-order valence-electron chi connectivity index (χ1n) is 24.5. The molecule has 0 amide bonds. The van der Waals surface area contributed by atoms with E-state index in [1.54, 1.807) is 0 Å². The fourth-order valence-corrected chi connectivity index (χ4v) is 9.75. The summed E-state index contributed by atoms with van der Waals surface area (Å²) in [6.07, 6.45) is 52.3. The second kappa shape index (κ2) is 20.7. The van der Waals surface area contributed by atoms with E-state index < -0.39 is 0 Å². The lowest BCUT2D eigenvalue weighted by molar-refractivity contribution is 0.393. The summed E-state index contributed by atoms with van der Waals surface area (Å²) in [5.41, 5.74) is 16.9. The van der Waals surface area contributed by atoms with Crippen LogP contribution in [-0.4, -0.2) is 93.4 Å². The number of unbranched alkanes of at least 4 members (excludes halogenated alkanes) is 11. The van der Waals surface area contributed by atoms with Gasteiger partial charge in [0.25, 0.3) is 0 Å². The van der Waals surface area contributed by atoms with Crippen molar-refractivity contribution in [3.05, 3.63) is 143 Å². The summed E-state index contributed by atoms with van der Waals surface area (Å²) in [7, 11) is 6.34. The van der Waals surface area contributed by atoms with Gasteiger partial charge in [0.05, 0.1) is 22.8 Å². The van der Waals surface area contributed by atoms with Crippen LogP contribution < -0.4 is 0 Å². The summed E-state index contributed by atoms with van der Waals surface area (Å²) in [5, 5.41) is 0. The molecule has 0 unspecified atom stereocenters. The van der Waals surface area contributed by atoms with Crippen molar-refractivity contribution in [1.29, 1.82) is 0 Å². The van der Waals surface area contributed by atoms with Crippen molar-refractivity contribution >= 4 is 68.7 Å². The van der Waals surface area contributed by atoms with Crippen LogP contribution in [0.15, 0.2) is 97.7 Å². The van der Waals surface area contributed by atoms with Gasteiger partial charge in [0.2, 0.25) is 0 Å². The van der Waals surface area contributed by atoms with Gasteiger partial charge in [-0.3, -0.25) is 0 Å². The maximum Gasteiger partial charge on any atom is 0.0737 e. The molecule has 0 atom stereocenters. The summed E-state index contributed by atoms with van der Waals surface area (Å²) < 4.78 is 0. The van der Waals surface area contributed by atoms with Gasteiger partial charge in [-0.1, -0.05) is 102 Å². The van der Waals surface area contributed by atoms with Gasteiger partial charge in [0.15, 0.2) is 0 Å². The fourth-order valence-electron chi connectivity index (χ4n) is 9.75. The van der Waals surface area contributed by atoms with Gasteiger partial charge >= 0.3 is 0 Å². The maximum absolute atomic E-state index is 5.54. The third kappa shape index (κ3) is 10.3. The van der Waals surface area contributed by atoms with Crippen molar-refractivity contribution in [2.75, 3.05) is 53.9 Å². The lowest BCUT2D eigenvalue weighted by Crippen LogP contribution is -2.21. The average Bonchev–Trinajstić information content (AvgIpc) is 4.18. The molecule has 9 rings (SSSR count). The van der Waals surface area contributed by atoms with Crippen LogP contribution in [0.4, 0.5) is 0 Å². The van der Waals surface area contributed by atoms with Crippen LogP contribution in [-0.2, 0) is 0 Å². The number of likely N-dealkylation sites (N-methyl/N-ethyl adjacent to an activating group) is 3. The fraction of sp³-hybridized carbons (Fsp3) is 0.368. The average molecular weight is 865 g/mol. The molecule has 8 nitrogen and oxygen atoms in total. The molecule has 0 radical (unpaired) electrons. The summed E-state index contributed by atoms with van der Waals surface area (Å²) >= 11 is 0. The van der Waals surface area contributed by atoms with Crippen LogP contribution in [0, 0.1) is 0 Å². The standard InChI is InChI=1S/C57H68N8/c1-5-6-7-8-9-10-11-12-13-14-15-16-33-65-40-31-45(32-41-65)57-52-23-21-50(60-52)55(43-27-36-63(3)37-28-43)48-19-17-46(58-48)54(42-25-34-62(2)35-26-42)47-18-20-49(59-47)56(51-22-24-53(57)61-51)44-29-38-64(4)39-30-44/h17-32,34,36,38,40,58,61H,5-16,33,35,37,39,41H2,1-4H3. The van der Waals surface area contributed by atoms with Gasteiger partial charge in [-0.05, 0) is 126 Å². The second-order valence-electron chi connectivity index (χ2n) is 18.6. The highest BCUT2D eigenvalue weighted by atomic mass is 15.1. The molecule has 6 aliphatic rings. The number of nitrogens with zero attached hydrogens (tertiary/aromatic N) is 6. The molecule has 8 bridgehead atoms. The smallest absolute Gasteiger partial charge is 0.0737 e. The van der Waals surface area contributed by atoms with E-state index in [0.29, 0.717) is 0 Å². The van der Waals surface area contributed by atoms with Crippen molar-refractivity contribution in [3.8, 4) is 0 Å². The Kier molecular flexibility index (Phi) is 14.0. The second-order valence-corrected chi connectivity index (χ2v) is 18.6. The number of rotatable bonds is 17. The first kappa shape index (κ1) is 43.9. The van der Waals surface area contributed by atoms with Gasteiger partial charge in [-0.25, -0.2) is 9.97 Å². The summed E-state index contributed by atoms with van der Waals surface area (Å²) in [6, 6.07) is 8.91. The summed E-state index contributed by atoms with van der Waals surface area (Å²) in [6.45, 7) is 6.75. The highest BCUT2D eigenvalue weighted by molar-refractivity contribution is 5.99. The van der Waals surface area contributed by atoms with Gasteiger partial charge < -0.3 is 29.6 Å². The maximum atomic E-state index is 5.54. The number of allylic oxidation sites excluding steroid dienone is 8. The van der Waals surface area contributed by atoms with Crippen molar-refractivity contribution in [2.24, 2.45) is 0 Å². The summed E-state index contributed by atoms with van der Waals surface area (Å²) in [5.74, 6) is 0. The topological polar surface area (TPSA) is 70.3 Å². The molecule has 65 heavy (non-hydrogen) atoms. The van der Waals surface area contributed by atoms with Gasteiger partial charge in [-0.2, -0.15) is 0 Å². The molecule has 0 aromatic carbocycles. The first-order valence-corrected chi connectivity index (χ1v) is 24.5. The van der Waals surface area contributed by atoms with E-state index in [9.17, 15) is 0 Å². The molecule has 0 fully saturated rings. The van der Waals surface area contributed by atoms with Gasteiger partial charge in [-0.15, -0.1) is 0 Å². The van der Waals surface area contributed by atoms with E-state index in [1.807, 2.05) is 0 Å². The molecule has 0 aliphatic carbocycles. The quantitative estimate of drug-likeness (QED) is 0.0908. The molecular weight excluding hydrogens is 797 g/mol. The Bertz CT molecular complexity index is 2690. The summed E-state index contributed by atoms with van der Waals surface area (Å²) in [4.78, 5) is 28.0. The van der Waals surface area contributed by atoms with E-state index in [2.05, 4.69) is 180 Å². The van der Waals surface area contributed by atoms with Gasteiger partial charge in [0.1, 0.15) is 0 Å². The van der Waals surface area contributed by atoms with Crippen LogP contribution in [0.25, 0.3) is 68.7 Å². The Morgan fingerprint density at radius 2 is 0.723 bits per heavy atom. The van der Waals surface area contributed by atoms with Crippen molar-refractivity contribution in [3.63, 3.8) is 0 Å². The number of aromatic amines is 2. The third-order valence-corrected chi connectivity index (χ3v) is 13.5. The minimum atomic E-state index is 0.828. The Hall–Kier alpha value is -6.28. The van der Waals surface area contributed by atoms with E-state index in [1.165, 1.54) is 82.6 Å². The molecule has 0 saturated heterocycles. The molecule has 2 N–H and O–H groups in total. The number of aromatic nitrogens is 4. The number of nitrogens with one attached hydrogen (secondary N) is 2. The van der Waals surface area contributed by atoms with E-state index in [0.717, 1.165) is 117 Å². The number of fused-ring (bicyclic) bond motifs is 8. The zero-order valence-electron chi connectivity index (χ0n) is 39.3. The normalized spacial score (nSPS) is 16.7. The number of hydrogen-bond acceptors (Lipinski definition) is 6. The van der Waals surface area contributed by atoms with E-state index >= 15 is 0 Å². The minimum Gasteiger partial charge on any atom is -0.377 e. The Morgan fingerprint density at radius 3 is 1.03 bits per heavy atom. The van der Waals surface area contributed by atoms with Crippen molar-refractivity contribution < 1.29 is 0 Å². The molecular formula is C57H68N8. The highest BCUT2D eigenvalue weighted by Gasteiger charge is 2.22. The Balaban J connectivity index is 1.11. The number of H-pyrrole nitrogens is 2. The van der Waals surface area contributed by atoms with Gasteiger partial charge in [0, 0.05) is 98.2 Å². The zero-order valence-corrected chi connectivity index (χ0v) is 39.3. The first-order chi connectivity index (χ1) is 31.9. The van der Waals surface area contributed by atoms with Crippen LogP contribution >= 0.6 is 0 Å². The minimum absolute atomic E-state index is 0.828.